The van der Waals surface area contributed by atoms with E-state index >= 15 is 0 Å². The van der Waals surface area contributed by atoms with Gasteiger partial charge < -0.3 is 9.32 Å². The van der Waals surface area contributed by atoms with Crippen LogP contribution >= 0.6 is 11.6 Å². The van der Waals surface area contributed by atoms with Gasteiger partial charge in [-0.05, 0) is 43.7 Å². The predicted molar refractivity (Wildman–Crippen MR) is 103 cm³/mol. The van der Waals surface area contributed by atoms with Crippen LogP contribution in [0.5, 0.6) is 0 Å². The summed E-state index contributed by atoms with van der Waals surface area (Å²) in [5.74, 6) is 1.24. The van der Waals surface area contributed by atoms with Crippen molar-refractivity contribution in [3.8, 4) is 11.5 Å². The fourth-order valence-electron chi connectivity index (χ4n) is 2.78. The van der Waals surface area contributed by atoms with E-state index in [-0.39, 0.29) is 12.3 Å². The lowest BCUT2D eigenvalue weighted by atomic mass is 10.2. The van der Waals surface area contributed by atoms with Crippen LogP contribution in [0.25, 0.3) is 11.5 Å². The summed E-state index contributed by atoms with van der Waals surface area (Å²) in [7, 11) is 0. The maximum Gasteiger partial charge on any atom is 0.229 e. The molecule has 0 bridgehead atoms. The number of nitrogens with zero attached hydrogens (tertiary/aromatic N) is 2. The van der Waals surface area contributed by atoms with E-state index in [1.807, 2.05) is 68.4 Å². The molecule has 0 unspecified atom stereocenters. The van der Waals surface area contributed by atoms with Crippen LogP contribution in [0.3, 0.4) is 0 Å². The molecule has 0 aliphatic heterocycles. The highest BCUT2D eigenvalue weighted by Crippen LogP contribution is 2.22. The summed E-state index contributed by atoms with van der Waals surface area (Å²) in [4.78, 5) is 19.1. The highest BCUT2D eigenvalue weighted by atomic mass is 35.5. The molecule has 0 aliphatic carbocycles. The van der Waals surface area contributed by atoms with E-state index in [2.05, 4.69) is 4.98 Å². The maximum atomic E-state index is 12.7. The number of likely N-dealkylation sites (N-methyl/N-ethyl adjacent to an activating group) is 1. The molecular formula is C21H21ClN2O2. The predicted octanol–water partition coefficient (Wildman–Crippen LogP) is 4.89. The van der Waals surface area contributed by atoms with Crippen molar-refractivity contribution in [1.29, 1.82) is 0 Å². The van der Waals surface area contributed by atoms with Crippen molar-refractivity contribution >= 4 is 17.5 Å². The number of oxazole rings is 1. The summed E-state index contributed by atoms with van der Waals surface area (Å²) in [5, 5.41) is 0.672. The second-order valence-corrected chi connectivity index (χ2v) is 6.54. The minimum atomic E-state index is 0.0171. The molecule has 1 amide bonds. The molecule has 0 N–H and O–H groups in total. The number of carbonyl (C=O) groups excluding carboxylic acids is 1. The lowest BCUT2D eigenvalue weighted by Gasteiger charge is -2.20. The van der Waals surface area contributed by atoms with Crippen LogP contribution in [0, 0.1) is 6.92 Å². The molecule has 0 radical (unpaired) electrons. The first-order valence-corrected chi connectivity index (χ1v) is 8.98. The molecule has 3 rings (SSSR count). The van der Waals surface area contributed by atoms with Gasteiger partial charge in [-0.1, -0.05) is 41.9 Å². The van der Waals surface area contributed by atoms with Gasteiger partial charge in [0.05, 0.1) is 12.1 Å². The zero-order valence-electron chi connectivity index (χ0n) is 14.9. The maximum absolute atomic E-state index is 12.7. The fourth-order valence-corrected chi connectivity index (χ4v) is 3.00. The van der Waals surface area contributed by atoms with Crippen LogP contribution < -0.4 is 0 Å². The molecule has 1 heterocycles. The Morgan fingerprint density at radius 3 is 2.62 bits per heavy atom. The molecule has 1 aromatic heterocycles. The number of aryl methyl sites for hydroxylation is 1. The lowest BCUT2D eigenvalue weighted by Crippen LogP contribution is -2.31. The molecule has 0 fully saturated rings. The Hall–Kier alpha value is -2.59. The number of aromatic nitrogens is 1. The summed E-state index contributed by atoms with van der Waals surface area (Å²) in [5.41, 5.74) is 2.59. The van der Waals surface area contributed by atoms with Gasteiger partial charge in [0.15, 0.2) is 0 Å². The van der Waals surface area contributed by atoms with Gasteiger partial charge in [0.2, 0.25) is 11.8 Å². The first-order chi connectivity index (χ1) is 12.6. The third kappa shape index (κ3) is 4.33. The summed E-state index contributed by atoms with van der Waals surface area (Å²) < 4.78 is 5.75. The van der Waals surface area contributed by atoms with Gasteiger partial charge in [-0.3, -0.25) is 4.79 Å². The fraction of sp³-hybridized carbons (Fsp3) is 0.238. The van der Waals surface area contributed by atoms with Crippen molar-refractivity contribution in [2.24, 2.45) is 0 Å². The van der Waals surface area contributed by atoms with Crippen LogP contribution in [-0.2, 0) is 17.8 Å². The lowest BCUT2D eigenvalue weighted by molar-refractivity contribution is -0.130. The molecule has 0 atom stereocenters. The number of hydrogen-bond acceptors (Lipinski definition) is 3. The van der Waals surface area contributed by atoms with Gasteiger partial charge in [0.1, 0.15) is 5.76 Å². The Morgan fingerprint density at radius 2 is 1.92 bits per heavy atom. The van der Waals surface area contributed by atoms with E-state index in [1.165, 1.54) is 0 Å². The Morgan fingerprint density at radius 1 is 1.15 bits per heavy atom. The first-order valence-electron chi connectivity index (χ1n) is 8.60. The minimum Gasteiger partial charge on any atom is -0.441 e. The second-order valence-electron chi connectivity index (χ2n) is 6.10. The van der Waals surface area contributed by atoms with Crippen molar-refractivity contribution in [1.82, 2.24) is 9.88 Å². The average molecular weight is 369 g/mol. The number of rotatable bonds is 6. The van der Waals surface area contributed by atoms with Crippen molar-refractivity contribution in [3.05, 3.63) is 76.6 Å². The van der Waals surface area contributed by atoms with E-state index < -0.39 is 0 Å². The molecule has 0 aliphatic rings. The van der Waals surface area contributed by atoms with Crippen LogP contribution in [0.2, 0.25) is 5.02 Å². The monoisotopic (exact) mass is 368 g/mol. The first kappa shape index (κ1) is 18.2. The Balaban J connectivity index is 1.73. The van der Waals surface area contributed by atoms with E-state index in [0.717, 1.165) is 11.1 Å². The highest BCUT2D eigenvalue weighted by molar-refractivity contribution is 6.30. The van der Waals surface area contributed by atoms with Gasteiger partial charge in [-0.2, -0.15) is 0 Å². The third-order valence-corrected chi connectivity index (χ3v) is 4.46. The van der Waals surface area contributed by atoms with E-state index in [4.69, 9.17) is 16.0 Å². The van der Waals surface area contributed by atoms with Gasteiger partial charge in [-0.25, -0.2) is 4.98 Å². The van der Waals surface area contributed by atoms with Crippen molar-refractivity contribution < 1.29 is 9.21 Å². The van der Waals surface area contributed by atoms with Crippen molar-refractivity contribution in [3.63, 3.8) is 0 Å². The van der Waals surface area contributed by atoms with Gasteiger partial charge in [-0.15, -0.1) is 0 Å². The number of amides is 1. The molecule has 2 aromatic carbocycles. The smallest absolute Gasteiger partial charge is 0.229 e. The highest BCUT2D eigenvalue weighted by Gasteiger charge is 2.18. The molecule has 4 nitrogen and oxygen atoms in total. The third-order valence-electron chi connectivity index (χ3n) is 4.23. The standard InChI is InChI=1S/C21H21ClN2O2/c1-3-24(14-16-8-7-11-18(22)12-16)20(25)13-19-15(2)26-21(23-19)17-9-5-4-6-10-17/h4-12H,3,13-14H2,1-2H3. The van der Waals surface area contributed by atoms with Crippen molar-refractivity contribution in [2.75, 3.05) is 6.54 Å². The van der Waals surface area contributed by atoms with Gasteiger partial charge >= 0.3 is 0 Å². The average Bonchev–Trinajstić information content (AvgIpc) is 3.01. The Bertz CT molecular complexity index is 890. The van der Waals surface area contributed by atoms with E-state index in [9.17, 15) is 4.79 Å². The summed E-state index contributed by atoms with van der Waals surface area (Å²) in [6.07, 6.45) is 0.219. The molecule has 5 heteroatoms. The zero-order chi connectivity index (χ0) is 18.5. The van der Waals surface area contributed by atoms with Gasteiger partial charge in [0, 0.05) is 23.7 Å². The molecule has 0 saturated heterocycles. The second kappa shape index (κ2) is 8.19. The quantitative estimate of drug-likeness (QED) is 0.622. The molecule has 0 saturated carbocycles. The van der Waals surface area contributed by atoms with Crippen LogP contribution in [0.1, 0.15) is 23.9 Å². The van der Waals surface area contributed by atoms with Crippen LogP contribution in [0.15, 0.2) is 59.0 Å². The summed E-state index contributed by atoms with van der Waals surface area (Å²) in [6, 6.07) is 17.3. The summed E-state index contributed by atoms with van der Waals surface area (Å²) >= 11 is 6.04. The minimum absolute atomic E-state index is 0.0171. The Kier molecular flexibility index (Phi) is 5.74. The summed E-state index contributed by atoms with van der Waals surface area (Å²) in [6.45, 7) is 4.95. The normalized spacial score (nSPS) is 10.7. The zero-order valence-corrected chi connectivity index (χ0v) is 15.7. The van der Waals surface area contributed by atoms with Crippen LogP contribution in [-0.4, -0.2) is 22.3 Å². The number of carbonyl (C=O) groups is 1. The van der Waals surface area contributed by atoms with Crippen LogP contribution in [0.4, 0.5) is 0 Å². The SMILES string of the molecule is CCN(Cc1cccc(Cl)c1)C(=O)Cc1nc(-c2ccccc2)oc1C. The topological polar surface area (TPSA) is 46.3 Å². The molecule has 3 aromatic rings. The molecular weight excluding hydrogens is 348 g/mol. The van der Waals surface area contributed by atoms with E-state index in [1.54, 1.807) is 4.90 Å². The number of halogens is 1. The van der Waals surface area contributed by atoms with E-state index in [0.29, 0.717) is 35.5 Å². The Labute approximate surface area is 158 Å². The number of benzene rings is 2. The molecule has 26 heavy (non-hydrogen) atoms. The molecule has 0 spiro atoms. The number of hydrogen-bond donors (Lipinski definition) is 0. The van der Waals surface area contributed by atoms with Crippen molar-refractivity contribution in [2.45, 2.75) is 26.8 Å². The molecule has 134 valence electrons. The van der Waals surface area contributed by atoms with Gasteiger partial charge in [0.25, 0.3) is 0 Å². The largest absolute Gasteiger partial charge is 0.441 e.